The summed E-state index contributed by atoms with van der Waals surface area (Å²) in [6, 6.07) is 9.20. The maximum absolute atomic E-state index is 12.9. The Labute approximate surface area is 131 Å². The van der Waals surface area contributed by atoms with Gasteiger partial charge >= 0.3 is 0 Å². The number of halogens is 1. The van der Waals surface area contributed by atoms with Crippen molar-refractivity contribution in [3.63, 3.8) is 0 Å². The van der Waals surface area contributed by atoms with Crippen molar-refractivity contribution in [2.75, 3.05) is 6.54 Å². The first-order chi connectivity index (χ1) is 11.1. The van der Waals surface area contributed by atoms with Gasteiger partial charge in [-0.15, -0.1) is 0 Å². The molecule has 0 radical (unpaired) electrons. The van der Waals surface area contributed by atoms with Gasteiger partial charge in [0.2, 0.25) is 5.78 Å². The second kappa shape index (κ2) is 6.26. The lowest BCUT2D eigenvalue weighted by Gasteiger charge is -2.10. The lowest BCUT2D eigenvalue weighted by molar-refractivity contribution is -0.103. The van der Waals surface area contributed by atoms with Crippen LogP contribution in [0, 0.1) is 11.7 Å². The topological polar surface area (TPSA) is 79.9 Å². The monoisotopic (exact) mass is 315 g/mol. The minimum Gasteiger partial charge on any atom is -0.458 e. The van der Waals surface area contributed by atoms with Crippen molar-refractivity contribution in [1.82, 2.24) is 0 Å². The van der Waals surface area contributed by atoms with E-state index in [2.05, 4.69) is 4.99 Å². The Balaban J connectivity index is 1.71. The molecule has 0 saturated carbocycles. The Morgan fingerprint density at radius 2 is 2.04 bits per heavy atom. The minimum atomic E-state index is -1.19. The molecule has 0 saturated heterocycles. The zero-order valence-corrected chi connectivity index (χ0v) is 12.1. The summed E-state index contributed by atoms with van der Waals surface area (Å²) in [7, 11) is 0. The van der Waals surface area contributed by atoms with Crippen LogP contribution in [0.4, 0.5) is 4.39 Å². The van der Waals surface area contributed by atoms with Gasteiger partial charge in [0.15, 0.2) is 12.0 Å². The van der Waals surface area contributed by atoms with E-state index < -0.39 is 12.0 Å². The second-order valence-corrected chi connectivity index (χ2v) is 5.37. The lowest BCUT2D eigenvalue weighted by atomic mass is 9.96. The Morgan fingerprint density at radius 1 is 1.30 bits per heavy atom. The minimum absolute atomic E-state index is 0.0126. The molecule has 1 aromatic carbocycles. The van der Waals surface area contributed by atoms with E-state index in [9.17, 15) is 19.1 Å². The smallest absolute Gasteiger partial charge is 0.205 e. The van der Waals surface area contributed by atoms with E-state index in [4.69, 9.17) is 4.42 Å². The number of aliphatic imine (C=N–C) groups is 1. The number of ketones is 1. The predicted molar refractivity (Wildman–Crippen MR) is 80.1 cm³/mol. The van der Waals surface area contributed by atoms with E-state index in [0.717, 1.165) is 5.56 Å². The predicted octanol–water partition coefficient (Wildman–Crippen LogP) is 1.82. The van der Waals surface area contributed by atoms with Gasteiger partial charge < -0.3 is 9.52 Å². The third-order valence-corrected chi connectivity index (χ3v) is 3.81. The molecule has 0 fully saturated rings. The molecule has 0 amide bonds. The molecule has 5 nitrogen and oxygen atoms in total. The van der Waals surface area contributed by atoms with Gasteiger partial charge in [0.05, 0.1) is 12.5 Å². The summed E-state index contributed by atoms with van der Waals surface area (Å²) < 4.78 is 18.4. The zero-order valence-electron chi connectivity index (χ0n) is 12.1. The SMILES string of the molecule is O=CC1=NCC(C(=O)c2ccc(Cc3ccc(F)cc3)o2)C1O. The maximum Gasteiger partial charge on any atom is 0.205 e. The first-order valence-electron chi connectivity index (χ1n) is 7.13. The van der Waals surface area contributed by atoms with Crippen molar-refractivity contribution >= 4 is 17.8 Å². The molecule has 3 rings (SSSR count). The van der Waals surface area contributed by atoms with Gasteiger partial charge in [-0.05, 0) is 29.8 Å². The molecule has 6 heteroatoms. The molecule has 1 aromatic heterocycles. The number of aliphatic hydroxyl groups excluding tert-OH is 1. The highest BCUT2D eigenvalue weighted by atomic mass is 19.1. The van der Waals surface area contributed by atoms with Crippen LogP contribution in [0.25, 0.3) is 0 Å². The molecule has 2 aromatic rings. The number of benzene rings is 1. The molecule has 23 heavy (non-hydrogen) atoms. The van der Waals surface area contributed by atoms with Crippen LogP contribution in [0.2, 0.25) is 0 Å². The Morgan fingerprint density at radius 3 is 2.70 bits per heavy atom. The zero-order chi connectivity index (χ0) is 16.4. The first kappa shape index (κ1) is 15.3. The summed E-state index contributed by atoms with van der Waals surface area (Å²) in [6.45, 7) is 0.0715. The van der Waals surface area contributed by atoms with Gasteiger partial charge in [-0.1, -0.05) is 12.1 Å². The quantitative estimate of drug-likeness (QED) is 0.674. The van der Waals surface area contributed by atoms with E-state index in [1.54, 1.807) is 18.2 Å². The van der Waals surface area contributed by atoms with Crippen molar-refractivity contribution in [1.29, 1.82) is 0 Å². The number of hydrogen-bond acceptors (Lipinski definition) is 5. The van der Waals surface area contributed by atoms with Crippen LogP contribution in [0.5, 0.6) is 0 Å². The highest BCUT2D eigenvalue weighted by molar-refractivity contribution is 6.32. The fourth-order valence-corrected chi connectivity index (χ4v) is 2.53. The summed E-state index contributed by atoms with van der Waals surface area (Å²) in [5.41, 5.74) is 0.841. The third-order valence-electron chi connectivity index (χ3n) is 3.81. The summed E-state index contributed by atoms with van der Waals surface area (Å²) in [5, 5.41) is 9.89. The van der Waals surface area contributed by atoms with Gasteiger partial charge in [-0.3, -0.25) is 14.6 Å². The second-order valence-electron chi connectivity index (χ2n) is 5.37. The standard InChI is InChI=1S/C17H14FNO4/c18-11-3-1-10(2-4-11)7-12-5-6-15(23-12)17(22)13-8-19-14(9-20)16(13)21/h1-6,9,13,16,21H,7-8H2. The summed E-state index contributed by atoms with van der Waals surface area (Å²) in [4.78, 5) is 26.9. The molecular formula is C17H14FNO4. The number of carbonyl (C=O) groups is 2. The molecular weight excluding hydrogens is 301 g/mol. The lowest BCUT2D eigenvalue weighted by Crippen LogP contribution is -2.31. The number of aldehydes is 1. The summed E-state index contributed by atoms with van der Waals surface area (Å²) in [6.07, 6.45) is -0.303. The van der Waals surface area contributed by atoms with Crippen molar-refractivity contribution < 1.29 is 23.5 Å². The number of Topliss-reactive ketones (excluding diaryl/α,β-unsaturated/α-hetero) is 1. The first-order valence-corrected chi connectivity index (χ1v) is 7.13. The molecule has 1 N–H and O–H groups in total. The van der Waals surface area contributed by atoms with Gasteiger partial charge in [0.25, 0.3) is 0 Å². The number of rotatable bonds is 5. The van der Waals surface area contributed by atoms with Gasteiger partial charge in [0.1, 0.15) is 23.4 Å². The van der Waals surface area contributed by atoms with Crippen LogP contribution in [0.3, 0.4) is 0 Å². The molecule has 118 valence electrons. The van der Waals surface area contributed by atoms with Crippen molar-refractivity contribution in [3.8, 4) is 0 Å². The van der Waals surface area contributed by atoms with E-state index in [-0.39, 0.29) is 29.6 Å². The number of furan rings is 1. The van der Waals surface area contributed by atoms with Crippen LogP contribution < -0.4 is 0 Å². The van der Waals surface area contributed by atoms with Gasteiger partial charge in [-0.2, -0.15) is 0 Å². The molecule has 1 aliphatic rings. The van der Waals surface area contributed by atoms with Crippen LogP contribution in [-0.2, 0) is 11.2 Å². The maximum atomic E-state index is 12.9. The van der Waals surface area contributed by atoms with E-state index >= 15 is 0 Å². The normalized spacial score (nSPS) is 20.3. The number of carbonyl (C=O) groups excluding carboxylic acids is 2. The molecule has 2 unspecified atom stereocenters. The Kier molecular flexibility index (Phi) is 4.16. The average Bonchev–Trinajstić information content (AvgIpc) is 3.15. The number of hydrogen-bond donors (Lipinski definition) is 1. The van der Waals surface area contributed by atoms with Crippen LogP contribution in [-0.4, -0.2) is 35.5 Å². The summed E-state index contributed by atoms with van der Waals surface area (Å²) in [5.74, 6) is -0.814. The molecule has 0 bridgehead atoms. The van der Waals surface area contributed by atoms with Crippen molar-refractivity contribution in [2.45, 2.75) is 12.5 Å². The Hall–Kier alpha value is -2.60. The van der Waals surface area contributed by atoms with E-state index in [1.165, 1.54) is 18.2 Å². The van der Waals surface area contributed by atoms with Crippen LogP contribution >= 0.6 is 0 Å². The Bertz CT molecular complexity index is 763. The third kappa shape index (κ3) is 3.12. The van der Waals surface area contributed by atoms with E-state index in [0.29, 0.717) is 18.5 Å². The molecule has 0 spiro atoms. The van der Waals surface area contributed by atoms with Crippen molar-refractivity contribution in [3.05, 3.63) is 59.3 Å². The highest BCUT2D eigenvalue weighted by Crippen LogP contribution is 2.22. The number of aliphatic hydroxyl groups is 1. The average molecular weight is 315 g/mol. The molecule has 0 aliphatic carbocycles. The van der Waals surface area contributed by atoms with Crippen molar-refractivity contribution in [2.24, 2.45) is 10.9 Å². The summed E-state index contributed by atoms with van der Waals surface area (Å²) >= 11 is 0. The molecule has 1 aliphatic heterocycles. The largest absolute Gasteiger partial charge is 0.458 e. The highest BCUT2D eigenvalue weighted by Gasteiger charge is 2.36. The van der Waals surface area contributed by atoms with Crippen LogP contribution in [0.1, 0.15) is 21.9 Å². The fourth-order valence-electron chi connectivity index (χ4n) is 2.53. The fraction of sp³-hybridized carbons (Fsp3) is 0.235. The van der Waals surface area contributed by atoms with Gasteiger partial charge in [-0.25, -0.2) is 4.39 Å². The van der Waals surface area contributed by atoms with Crippen LogP contribution in [0.15, 0.2) is 45.8 Å². The van der Waals surface area contributed by atoms with E-state index in [1.807, 2.05) is 0 Å². The van der Waals surface area contributed by atoms with Gasteiger partial charge in [0, 0.05) is 6.42 Å². The molecule has 2 atom stereocenters. The molecule has 2 heterocycles. The number of nitrogens with zero attached hydrogens (tertiary/aromatic N) is 1.